The molecular weight excluding hydrogens is 396 g/mol. The minimum absolute atomic E-state index is 0.0810. The smallest absolute Gasteiger partial charge is 0.258 e. The third kappa shape index (κ3) is 7.05. The average Bonchev–Trinajstić information content (AvgIpc) is 2.59. The van der Waals surface area contributed by atoms with Gasteiger partial charge in [-0.25, -0.2) is 12.8 Å². The van der Waals surface area contributed by atoms with Crippen LogP contribution in [0.5, 0.6) is 5.75 Å². The van der Waals surface area contributed by atoms with Gasteiger partial charge in [-0.2, -0.15) is 0 Å². The number of amides is 1. The summed E-state index contributed by atoms with van der Waals surface area (Å²) < 4.78 is 43.9. The Bertz CT molecular complexity index is 1010. The second kappa shape index (κ2) is 8.81. The van der Waals surface area contributed by atoms with Gasteiger partial charge in [-0.05, 0) is 29.8 Å². The minimum atomic E-state index is -3.57. The molecule has 1 aromatic heterocycles. The third-order valence-electron chi connectivity index (χ3n) is 3.98. The molecule has 0 aliphatic rings. The van der Waals surface area contributed by atoms with E-state index in [-0.39, 0.29) is 30.2 Å². The molecule has 0 fully saturated rings. The van der Waals surface area contributed by atoms with E-state index in [2.05, 4.69) is 35.8 Å². The predicted octanol–water partition coefficient (Wildman–Crippen LogP) is 0.843. The van der Waals surface area contributed by atoms with E-state index >= 15 is 0 Å². The van der Waals surface area contributed by atoms with E-state index in [0.717, 1.165) is 18.0 Å². The first-order chi connectivity index (χ1) is 13.3. The van der Waals surface area contributed by atoms with Gasteiger partial charge < -0.3 is 10.1 Å². The monoisotopic (exact) mass is 421 g/mol. The summed E-state index contributed by atoms with van der Waals surface area (Å²) in [5.41, 5.74) is 1.89. The lowest BCUT2D eigenvalue weighted by Crippen LogP contribution is -2.30. The quantitative estimate of drug-likeness (QED) is 0.646. The van der Waals surface area contributed by atoms with Crippen LogP contribution in [0.3, 0.4) is 0 Å². The first-order valence-electron chi connectivity index (χ1n) is 8.99. The summed E-state index contributed by atoms with van der Waals surface area (Å²) in [6.45, 7) is 6.08. The number of rotatable bonds is 7. The van der Waals surface area contributed by atoms with Crippen molar-refractivity contribution in [3.63, 3.8) is 0 Å². The van der Waals surface area contributed by atoms with E-state index in [1.54, 1.807) is 6.07 Å². The molecule has 10 heteroatoms. The van der Waals surface area contributed by atoms with Crippen molar-refractivity contribution in [1.82, 2.24) is 10.3 Å². The van der Waals surface area contributed by atoms with Crippen molar-refractivity contribution < 1.29 is 22.3 Å². The molecule has 2 rings (SSSR count). The Labute approximate surface area is 171 Å². The molecule has 0 bridgehead atoms. The zero-order valence-electron chi connectivity index (χ0n) is 17.2. The third-order valence-corrected chi connectivity index (χ3v) is 4.57. The highest BCUT2D eigenvalue weighted by molar-refractivity contribution is 7.92. The minimum Gasteiger partial charge on any atom is -0.483 e. The number of halogens is 1. The molecule has 156 valence electrons. The van der Waals surface area contributed by atoms with Gasteiger partial charge in [-0.15, -0.1) is 0 Å². The number of nitrogens with zero attached hydrogens (tertiary/aromatic N) is 1. The number of pyridine rings is 1. The normalized spacial score (nSPS) is 11.8. The van der Waals surface area contributed by atoms with E-state index in [9.17, 15) is 17.6 Å². The molecule has 0 atom stereocenters. The summed E-state index contributed by atoms with van der Waals surface area (Å²) in [6, 6.07) is 7.65. The van der Waals surface area contributed by atoms with Crippen LogP contribution >= 0.6 is 0 Å². The molecule has 0 radical (unpaired) electrons. The van der Waals surface area contributed by atoms with Crippen molar-refractivity contribution in [3.8, 4) is 5.75 Å². The van der Waals surface area contributed by atoms with Gasteiger partial charge in [0.1, 0.15) is 11.6 Å². The maximum atomic E-state index is 14.0. The highest BCUT2D eigenvalue weighted by Gasteiger charge is 2.17. The Kier molecular flexibility index (Phi) is 6.89. The number of sulfonamides is 1. The number of hydrogen-bond donors (Lipinski definition) is 2. The second-order valence-corrected chi connectivity index (χ2v) is 9.53. The molecule has 0 saturated heterocycles. The molecule has 29 heavy (non-hydrogen) atoms. The van der Waals surface area contributed by atoms with E-state index in [1.807, 2.05) is 13.9 Å². The largest absolute Gasteiger partial charge is 0.483 e. The van der Waals surface area contributed by atoms with Crippen molar-refractivity contribution in [3.05, 3.63) is 47.4 Å². The van der Waals surface area contributed by atoms with Gasteiger partial charge >= 0.3 is 0 Å². The molecule has 2 aromatic rings. The van der Waals surface area contributed by atoms with Gasteiger partial charge in [0, 0.05) is 23.2 Å². The molecule has 1 amide bonds. The SMILES string of the molecule is Bc1nc(C(C)(C)C)ccc1OCC(=O)NCc1ccc(NS(C)(=O)=O)c(F)c1. The van der Waals surface area contributed by atoms with Crippen molar-refractivity contribution in [1.29, 1.82) is 0 Å². The molecule has 7 nitrogen and oxygen atoms in total. The summed E-state index contributed by atoms with van der Waals surface area (Å²) in [6.07, 6.45) is 0.939. The van der Waals surface area contributed by atoms with Crippen LogP contribution < -0.4 is 20.4 Å². The molecule has 1 heterocycles. The van der Waals surface area contributed by atoms with Crippen LogP contribution in [-0.2, 0) is 26.8 Å². The maximum Gasteiger partial charge on any atom is 0.258 e. The van der Waals surface area contributed by atoms with Gasteiger partial charge in [0.2, 0.25) is 10.0 Å². The highest BCUT2D eigenvalue weighted by Crippen LogP contribution is 2.20. The van der Waals surface area contributed by atoms with Crippen molar-refractivity contribution in [2.45, 2.75) is 32.7 Å². The van der Waals surface area contributed by atoms with Gasteiger partial charge in [0.15, 0.2) is 14.5 Å². The van der Waals surface area contributed by atoms with E-state index in [0.29, 0.717) is 16.9 Å². The fourth-order valence-electron chi connectivity index (χ4n) is 2.46. The van der Waals surface area contributed by atoms with Crippen molar-refractivity contribution >= 4 is 35.1 Å². The zero-order valence-corrected chi connectivity index (χ0v) is 18.0. The van der Waals surface area contributed by atoms with Gasteiger partial charge in [-0.1, -0.05) is 26.8 Å². The fourth-order valence-corrected chi connectivity index (χ4v) is 3.03. The average molecular weight is 421 g/mol. The van der Waals surface area contributed by atoms with Crippen LogP contribution in [-0.4, -0.2) is 40.0 Å². The summed E-state index contributed by atoms with van der Waals surface area (Å²) >= 11 is 0. The number of nitrogens with one attached hydrogen (secondary N) is 2. The van der Waals surface area contributed by atoms with Gasteiger partial charge in [0.25, 0.3) is 5.91 Å². The first-order valence-corrected chi connectivity index (χ1v) is 10.9. The summed E-state index contributed by atoms with van der Waals surface area (Å²) in [5, 5.41) is 2.63. The first kappa shape index (κ1) is 22.7. The number of hydrogen-bond acceptors (Lipinski definition) is 5. The molecule has 0 aliphatic carbocycles. The van der Waals surface area contributed by atoms with Crippen LogP contribution in [0, 0.1) is 5.82 Å². The van der Waals surface area contributed by atoms with Crippen molar-refractivity contribution in [2.24, 2.45) is 0 Å². The maximum absolute atomic E-state index is 14.0. The Hall–Kier alpha value is -2.62. The fraction of sp³-hybridized carbons (Fsp3) is 0.368. The number of ether oxygens (including phenoxy) is 1. The van der Waals surface area contributed by atoms with Crippen LogP contribution in [0.4, 0.5) is 10.1 Å². The molecular formula is C19H25BFN3O4S. The highest BCUT2D eigenvalue weighted by atomic mass is 32.2. The molecule has 0 saturated carbocycles. The standard InChI is InChI=1S/C19H25BFN3O4S/c1-19(2,3)16-8-7-15(18(20)23-16)28-11-17(25)22-10-12-5-6-14(13(21)9-12)24-29(4,26)27/h5-9,24H,10-11,20H2,1-4H3,(H,22,25). The summed E-state index contributed by atoms with van der Waals surface area (Å²) in [7, 11) is -1.75. The Morgan fingerprint density at radius 2 is 1.93 bits per heavy atom. The summed E-state index contributed by atoms with van der Waals surface area (Å²) in [4.78, 5) is 16.5. The molecule has 0 aliphatic heterocycles. The van der Waals surface area contributed by atoms with Crippen LogP contribution in [0.15, 0.2) is 30.3 Å². The zero-order chi connectivity index (χ0) is 21.8. The Morgan fingerprint density at radius 3 is 2.48 bits per heavy atom. The molecule has 2 N–H and O–H groups in total. The summed E-state index contributed by atoms with van der Waals surface area (Å²) in [5.74, 6) is -0.572. The van der Waals surface area contributed by atoms with Crippen LogP contribution in [0.1, 0.15) is 32.0 Å². The van der Waals surface area contributed by atoms with E-state index in [1.165, 1.54) is 12.1 Å². The number of carbonyl (C=O) groups excluding carboxylic acids is 1. The number of aromatic nitrogens is 1. The van der Waals surface area contributed by atoms with Crippen LogP contribution in [0.25, 0.3) is 0 Å². The second-order valence-electron chi connectivity index (χ2n) is 7.78. The van der Waals surface area contributed by atoms with Crippen LogP contribution in [0.2, 0.25) is 0 Å². The Balaban J connectivity index is 1.90. The van der Waals surface area contributed by atoms with E-state index in [4.69, 9.17) is 4.74 Å². The number of anilines is 1. The van der Waals surface area contributed by atoms with Gasteiger partial charge in [0.05, 0.1) is 11.9 Å². The van der Waals surface area contributed by atoms with E-state index < -0.39 is 15.8 Å². The Morgan fingerprint density at radius 1 is 1.24 bits per heavy atom. The van der Waals surface area contributed by atoms with Gasteiger partial charge in [-0.3, -0.25) is 14.5 Å². The molecule has 0 spiro atoms. The lowest BCUT2D eigenvalue weighted by atomic mass is 9.90. The lowest BCUT2D eigenvalue weighted by Gasteiger charge is -2.19. The van der Waals surface area contributed by atoms with Crippen molar-refractivity contribution in [2.75, 3.05) is 17.6 Å². The molecule has 0 unspecified atom stereocenters. The lowest BCUT2D eigenvalue weighted by molar-refractivity contribution is -0.123. The predicted molar refractivity (Wildman–Crippen MR) is 113 cm³/mol. The number of benzene rings is 1. The topological polar surface area (TPSA) is 97.4 Å². The molecule has 1 aromatic carbocycles. The number of carbonyl (C=O) groups is 1.